The van der Waals surface area contributed by atoms with Gasteiger partial charge in [0, 0.05) is 10.2 Å². The SMILES string of the molecule is NNC(c1ccc2c(c1)OCCO2)c1cc(Br)ccc1N. The van der Waals surface area contributed by atoms with Crippen LogP contribution in [0.3, 0.4) is 0 Å². The Labute approximate surface area is 131 Å². The summed E-state index contributed by atoms with van der Waals surface area (Å²) < 4.78 is 12.1. The summed E-state index contributed by atoms with van der Waals surface area (Å²) in [6.45, 7) is 1.12. The van der Waals surface area contributed by atoms with Gasteiger partial charge in [0.25, 0.3) is 0 Å². The minimum absolute atomic E-state index is 0.224. The van der Waals surface area contributed by atoms with E-state index in [0.717, 1.165) is 27.1 Å². The normalized spacial score (nSPS) is 14.8. The third-order valence-corrected chi connectivity index (χ3v) is 3.92. The highest BCUT2D eigenvalue weighted by atomic mass is 79.9. The first kappa shape index (κ1) is 14.2. The average Bonchev–Trinajstić information content (AvgIpc) is 2.51. The summed E-state index contributed by atoms with van der Waals surface area (Å²) in [6.07, 6.45) is 0. The molecule has 1 aliphatic heterocycles. The van der Waals surface area contributed by atoms with E-state index in [4.69, 9.17) is 21.1 Å². The molecule has 0 aromatic heterocycles. The Morgan fingerprint density at radius 2 is 1.81 bits per heavy atom. The second-order valence-electron chi connectivity index (χ2n) is 4.78. The first-order valence-corrected chi connectivity index (χ1v) is 7.39. The lowest BCUT2D eigenvalue weighted by Crippen LogP contribution is -2.29. The van der Waals surface area contributed by atoms with Crippen molar-refractivity contribution >= 4 is 21.6 Å². The highest BCUT2D eigenvalue weighted by molar-refractivity contribution is 9.10. The van der Waals surface area contributed by atoms with Crippen LogP contribution in [0.4, 0.5) is 5.69 Å². The van der Waals surface area contributed by atoms with E-state index in [1.54, 1.807) is 0 Å². The standard InChI is InChI=1S/C15H16BrN3O2/c16-10-2-3-12(17)11(8-10)15(19-18)9-1-4-13-14(7-9)21-6-5-20-13/h1-4,7-8,15,19H,5-6,17-18H2. The quantitative estimate of drug-likeness (QED) is 0.450. The number of nitrogens with one attached hydrogen (secondary N) is 1. The molecule has 5 N–H and O–H groups in total. The lowest BCUT2D eigenvalue weighted by molar-refractivity contribution is 0.171. The van der Waals surface area contributed by atoms with Crippen LogP contribution in [0.1, 0.15) is 17.2 Å². The van der Waals surface area contributed by atoms with Crippen LogP contribution < -0.4 is 26.5 Å². The predicted molar refractivity (Wildman–Crippen MR) is 85.2 cm³/mol. The molecule has 0 spiro atoms. The van der Waals surface area contributed by atoms with Crippen molar-refractivity contribution in [2.45, 2.75) is 6.04 Å². The zero-order valence-corrected chi connectivity index (χ0v) is 12.9. The number of nitrogens with two attached hydrogens (primary N) is 2. The van der Waals surface area contributed by atoms with E-state index in [0.29, 0.717) is 18.9 Å². The maximum Gasteiger partial charge on any atom is 0.161 e. The molecular formula is C15H16BrN3O2. The Morgan fingerprint density at radius 3 is 2.57 bits per heavy atom. The van der Waals surface area contributed by atoms with E-state index in [1.807, 2.05) is 36.4 Å². The highest BCUT2D eigenvalue weighted by Crippen LogP contribution is 2.35. The number of hydrogen-bond donors (Lipinski definition) is 3. The van der Waals surface area contributed by atoms with Gasteiger partial charge in [-0.25, -0.2) is 5.43 Å². The minimum atomic E-state index is -0.224. The molecule has 0 bridgehead atoms. The lowest BCUT2D eigenvalue weighted by Gasteiger charge is -2.23. The van der Waals surface area contributed by atoms with Gasteiger partial charge in [0.2, 0.25) is 0 Å². The Hall–Kier alpha value is -1.76. The van der Waals surface area contributed by atoms with E-state index in [-0.39, 0.29) is 6.04 Å². The zero-order chi connectivity index (χ0) is 14.8. The second kappa shape index (κ2) is 5.93. The van der Waals surface area contributed by atoms with Gasteiger partial charge in [-0.1, -0.05) is 22.0 Å². The molecule has 3 rings (SSSR count). The summed E-state index contributed by atoms with van der Waals surface area (Å²) in [6, 6.07) is 11.3. The molecular weight excluding hydrogens is 334 g/mol. The minimum Gasteiger partial charge on any atom is -0.486 e. The van der Waals surface area contributed by atoms with Gasteiger partial charge >= 0.3 is 0 Å². The zero-order valence-electron chi connectivity index (χ0n) is 11.3. The van der Waals surface area contributed by atoms with Crippen LogP contribution >= 0.6 is 15.9 Å². The van der Waals surface area contributed by atoms with Crippen molar-refractivity contribution in [2.75, 3.05) is 18.9 Å². The van der Waals surface area contributed by atoms with Crippen LogP contribution in [-0.2, 0) is 0 Å². The molecule has 1 heterocycles. The topological polar surface area (TPSA) is 82.5 Å². The van der Waals surface area contributed by atoms with Crippen molar-refractivity contribution in [1.82, 2.24) is 5.43 Å². The third kappa shape index (κ3) is 2.83. The third-order valence-electron chi connectivity index (χ3n) is 3.43. The smallest absolute Gasteiger partial charge is 0.161 e. The van der Waals surface area contributed by atoms with E-state index >= 15 is 0 Å². The van der Waals surface area contributed by atoms with E-state index in [2.05, 4.69) is 21.4 Å². The maximum absolute atomic E-state index is 6.07. The fourth-order valence-corrected chi connectivity index (χ4v) is 2.78. The van der Waals surface area contributed by atoms with Crippen LogP contribution in [0.5, 0.6) is 11.5 Å². The van der Waals surface area contributed by atoms with Gasteiger partial charge in [0.1, 0.15) is 13.2 Å². The van der Waals surface area contributed by atoms with Gasteiger partial charge in [-0.05, 0) is 41.5 Å². The number of halogens is 1. The number of nitrogen functional groups attached to an aromatic ring is 1. The number of hydrazine groups is 1. The molecule has 0 amide bonds. The Bertz CT molecular complexity index is 663. The first-order valence-electron chi connectivity index (χ1n) is 6.59. The largest absolute Gasteiger partial charge is 0.486 e. The molecule has 1 unspecified atom stereocenters. The number of hydrogen-bond acceptors (Lipinski definition) is 5. The molecule has 2 aromatic carbocycles. The van der Waals surface area contributed by atoms with Crippen LogP contribution in [0.2, 0.25) is 0 Å². The Balaban J connectivity index is 2.01. The highest BCUT2D eigenvalue weighted by Gasteiger charge is 2.19. The molecule has 6 heteroatoms. The van der Waals surface area contributed by atoms with Gasteiger partial charge in [0.05, 0.1) is 6.04 Å². The lowest BCUT2D eigenvalue weighted by atomic mass is 9.97. The van der Waals surface area contributed by atoms with Crippen LogP contribution in [0.15, 0.2) is 40.9 Å². The van der Waals surface area contributed by atoms with Crippen molar-refractivity contribution in [1.29, 1.82) is 0 Å². The number of fused-ring (bicyclic) bond motifs is 1. The van der Waals surface area contributed by atoms with E-state index in [1.165, 1.54) is 0 Å². The van der Waals surface area contributed by atoms with Gasteiger partial charge in [-0.2, -0.15) is 0 Å². The fraction of sp³-hybridized carbons (Fsp3) is 0.200. The summed E-state index contributed by atoms with van der Waals surface area (Å²) >= 11 is 3.46. The summed E-state index contributed by atoms with van der Waals surface area (Å²) in [7, 11) is 0. The molecule has 21 heavy (non-hydrogen) atoms. The fourth-order valence-electron chi connectivity index (χ4n) is 2.40. The van der Waals surface area contributed by atoms with Crippen molar-refractivity contribution in [3.63, 3.8) is 0 Å². The Kier molecular flexibility index (Phi) is 4.01. The van der Waals surface area contributed by atoms with E-state index < -0.39 is 0 Å². The van der Waals surface area contributed by atoms with Crippen LogP contribution in [0, 0.1) is 0 Å². The molecule has 1 aliphatic rings. The molecule has 0 fully saturated rings. The molecule has 0 saturated carbocycles. The van der Waals surface area contributed by atoms with E-state index in [9.17, 15) is 0 Å². The summed E-state index contributed by atoms with van der Waals surface area (Å²) in [5.41, 5.74) is 11.4. The van der Waals surface area contributed by atoms with Gasteiger partial charge < -0.3 is 15.2 Å². The first-order chi connectivity index (χ1) is 10.2. The summed E-state index contributed by atoms with van der Waals surface area (Å²) in [4.78, 5) is 0. The van der Waals surface area contributed by atoms with Crippen molar-refractivity contribution in [2.24, 2.45) is 5.84 Å². The number of benzene rings is 2. The van der Waals surface area contributed by atoms with Gasteiger partial charge in [-0.15, -0.1) is 0 Å². The van der Waals surface area contributed by atoms with Crippen LogP contribution in [-0.4, -0.2) is 13.2 Å². The number of anilines is 1. The molecule has 0 radical (unpaired) electrons. The Morgan fingerprint density at radius 1 is 1.05 bits per heavy atom. The molecule has 0 aliphatic carbocycles. The molecule has 2 aromatic rings. The van der Waals surface area contributed by atoms with Crippen molar-refractivity contribution < 1.29 is 9.47 Å². The van der Waals surface area contributed by atoms with Crippen LogP contribution in [0.25, 0.3) is 0 Å². The van der Waals surface area contributed by atoms with Gasteiger partial charge in [0.15, 0.2) is 11.5 Å². The average molecular weight is 350 g/mol. The monoisotopic (exact) mass is 349 g/mol. The molecule has 110 valence electrons. The van der Waals surface area contributed by atoms with Crippen molar-refractivity contribution in [3.8, 4) is 11.5 Å². The molecule has 5 nitrogen and oxygen atoms in total. The summed E-state index contributed by atoms with van der Waals surface area (Å²) in [5, 5.41) is 0. The van der Waals surface area contributed by atoms with Crippen molar-refractivity contribution in [3.05, 3.63) is 52.0 Å². The molecule has 0 saturated heterocycles. The number of ether oxygens (including phenoxy) is 2. The predicted octanol–water partition coefficient (Wildman–Crippen LogP) is 2.36. The second-order valence-corrected chi connectivity index (χ2v) is 5.69. The molecule has 1 atom stereocenters. The number of rotatable bonds is 3. The summed E-state index contributed by atoms with van der Waals surface area (Å²) in [5.74, 6) is 7.22. The van der Waals surface area contributed by atoms with Gasteiger partial charge in [-0.3, -0.25) is 5.84 Å². The maximum atomic E-state index is 6.07.